The van der Waals surface area contributed by atoms with Crippen LogP contribution in [0.15, 0.2) is 22.7 Å². The predicted octanol–water partition coefficient (Wildman–Crippen LogP) is 1.57. The van der Waals surface area contributed by atoms with Crippen molar-refractivity contribution in [2.24, 2.45) is 5.73 Å². The number of likely N-dealkylation sites (tertiary alicyclic amines) is 1. The van der Waals surface area contributed by atoms with Crippen LogP contribution in [0.5, 0.6) is 0 Å². The van der Waals surface area contributed by atoms with E-state index in [2.05, 4.69) is 21.2 Å². The normalized spacial score (nSPS) is 18.1. The first kappa shape index (κ1) is 14.8. The van der Waals surface area contributed by atoms with Crippen molar-refractivity contribution < 1.29 is 9.59 Å². The molecule has 1 aliphatic heterocycles. The van der Waals surface area contributed by atoms with Crippen molar-refractivity contribution in [3.05, 3.63) is 33.8 Å². The molecule has 1 aromatic rings. The highest BCUT2D eigenvalue weighted by molar-refractivity contribution is 9.10. The highest BCUT2D eigenvalue weighted by Crippen LogP contribution is 2.16. The van der Waals surface area contributed by atoms with E-state index in [-0.39, 0.29) is 11.9 Å². The van der Waals surface area contributed by atoms with Crippen molar-refractivity contribution in [3.63, 3.8) is 0 Å². The number of hydrogen-bond donors (Lipinski definition) is 2. The van der Waals surface area contributed by atoms with Crippen LogP contribution >= 0.6 is 15.9 Å². The van der Waals surface area contributed by atoms with Gasteiger partial charge in [-0.05, 0) is 36.6 Å². The number of primary amides is 1. The molecule has 1 atom stereocenters. The van der Waals surface area contributed by atoms with Gasteiger partial charge in [0.25, 0.3) is 0 Å². The quantitative estimate of drug-likeness (QED) is 0.876. The van der Waals surface area contributed by atoms with Gasteiger partial charge in [0.15, 0.2) is 0 Å². The summed E-state index contributed by atoms with van der Waals surface area (Å²) in [4.78, 5) is 24.6. The molecule has 2 rings (SSSR count). The fourth-order valence-electron chi connectivity index (χ4n) is 2.39. The van der Waals surface area contributed by atoms with Crippen LogP contribution in [-0.2, 0) is 11.2 Å². The number of nitrogens with two attached hydrogens (primary N) is 1. The average molecular weight is 340 g/mol. The Balaban J connectivity index is 1.88. The molecule has 3 N–H and O–H groups in total. The molecule has 1 aromatic carbocycles. The molecule has 1 saturated heterocycles. The van der Waals surface area contributed by atoms with Crippen molar-refractivity contribution in [1.29, 1.82) is 0 Å². The van der Waals surface area contributed by atoms with Crippen LogP contribution in [0.1, 0.15) is 17.5 Å². The fraction of sp³-hybridized carbons (Fsp3) is 0.429. The van der Waals surface area contributed by atoms with Gasteiger partial charge in [-0.2, -0.15) is 0 Å². The summed E-state index contributed by atoms with van der Waals surface area (Å²) in [6.45, 7) is 3.09. The lowest BCUT2D eigenvalue weighted by molar-refractivity contribution is -0.121. The molecule has 6 heteroatoms. The van der Waals surface area contributed by atoms with Gasteiger partial charge in [-0.25, -0.2) is 4.79 Å². The minimum atomic E-state index is -0.425. The molecular weight excluding hydrogens is 322 g/mol. The Morgan fingerprint density at radius 1 is 1.50 bits per heavy atom. The lowest BCUT2D eigenvalue weighted by Gasteiger charge is -2.15. The summed E-state index contributed by atoms with van der Waals surface area (Å²) >= 11 is 3.40. The maximum absolute atomic E-state index is 12.0. The second-order valence-electron chi connectivity index (χ2n) is 5.08. The molecule has 3 amide bonds. The zero-order valence-electron chi connectivity index (χ0n) is 11.4. The van der Waals surface area contributed by atoms with Crippen LogP contribution < -0.4 is 11.1 Å². The predicted molar refractivity (Wildman–Crippen MR) is 80.3 cm³/mol. The minimum Gasteiger partial charge on any atom is -0.351 e. The number of carbonyl (C=O) groups is 2. The highest BCUT2D eigenvalue weighted by atomic mass is 79.9. The molecule has 5 nitrogen and oxygen atoms in total. The van der Waals surface area contributed by atoms with E-state index in [0.29, 0.717) is 19.5 Å². The van der Waals surface area contributed by atoms with E-state index in [1.54, 1.807) is 4.90 Å². The van der Waals surface area contributed by atoms with Crippen molar-refractivity contribution in [3.8, 4) is 0 Å². The van der Waals surface area contributed by atoms with Crippen LogP contribution in [0, 0.1) is 6.92 Å². The Kier molecular flexibility index (Phi) is 4.65. The van der Waals surface area contributed by atoms with Gasteiger partial charge in [0, 0.05) is 23.6 Å². The molecule has 0 unspecified atom stereocenters. The smallest absolute Gasteiger partial charge is 0.314 e. The molecule has 20 heavy (non-hydrogen) atoms. The topological polar surface area (TPSA) is 75.4 Å². The van der Waals surface area contributed by atoms with E-state index >= 15 is 0 Å². The summed E-state index contributed by atoms with van der Waals surface area (Å²) in [7, 11) is 0. The largest absolute Gasteiger partial charge is 0.351 e. The van der Waals surface area contributed by atoms with Gasteiger partial charge in [0.2, 0.25) is 5.91 Å². The average Bonchev–Trinajstić information content (AvgIpc) is 2.81. The third-order valence-electron chi connectivity index (χ3n) is 3.52. The van der Waals surface area contributed by atoms with Gasteiger partial charge in [0.1, 0.15) is 0 Å². The number of halogens is 1. The Labute approximate surface area is 126 Å². The van der Waals surface area contributed by atoms with E-state index in [4.69, 9.17) is 5.73 Å². The Morgan fingerprint density at radius 3 is 2.85 bits per heavy atom. The van der Waals surface area contributed by atoms with Crippen molar-refractivity contribution in [1.82, 2.24) is 10.2 Å². The molecular formula is C14H18BrN3O2. The molecule has 1 aliphatic rings. The van der Waals surface area contributed by atoms with Gasteiger partial charge in [-0.3, -0.25) is 4.79 Å². The van der Waals surface area contributed by atoms with Crippen molar-refractivity contribution >= 4 is 27.9 Å². The number of carbonyl (C=O) groups excluding carboxylic acids is 2. The highest BCUT2D eigenvalue weighted by Gasteiger charge is 2.25. The first-order valence-corrected chi connectivity index (χ1v) is 7.34. The van der Waals surface area contributed by atoms with Crippen molar-refractivity contribution in [2.75, 3.05) is 13.1 Å². The lowest BCUT2D eigenvalue weighted by Crippen LogP contribution is -2.40. The van der Waals surface area contributed by atoms with Crippen LogP contribution in [0.25, 0.3) is 0 Å². The van der Waals surface area contributed by atoms with Gasteiger partial charge < -0.3 is 16.0 Å². The van der Waals surface area contributed by atoms with Crippen LogP contribution in [0.3, 0.4) is 0 Å². The molecule has 0 radical (unpaired) electrons. The first-order chi connectivity index (χ1) is 9.45. The summed E-state index contributed by atoms with van der Waals surface area (Å²) in [5.41, 5.74) is 7.31. The number of urea groups is 1. The van der Waals surface area contributed by atoms with Gasteiger partial charge in [-0.1, -0.05) is 22.0 Å². The zero-order chi connectivity index (χ0) is 14.7. The van der Waals surface area contributed by atoms with Crippen LogP contribution in [0.4, 0.5) is 4.79 Å². The van der Waals surface area contributed by atoms with Gasteiger partial charge in [-0.15, -0.1) is 0 Å². The number of nitrogens with zero attached hydrogens (tertiary/aromatic N) is 1. The first-order valence-electron chi connectivity index (χ1n) is 6.54. The Bertz CT molecular complexity index is 533. The minimum absolute atomic E-state index is 0.00533. The molecule has 108 valence electrons. The summed E-state index contributed by atoms with van der Waals surface area (Å²) < 4.78 is 1.01. The van der Waals surface area contributed by atoms with E-state index < -0.39 is 6.03 Å². The maximum Gasteiger partial charge on any atom is 0.314 e. The van der Waals surface area contributed by atoms with E-state index in [0.717, 1.165) is 22.0 Å². The standard InChI is InChI=1S/C14H18BrN3O2/c1-9-6-11(15)3-2-10(9)7-13(19)17-12-4-5-18(8-12)14(16)20/h2-3,6,12H,4-5,7-8H2,1H3,(H2,16,20)(H,17,19)/t12-/m1/s1. The molecule has 0 bridgehead atoms. The summed E-state index contributed by atoms with van der Waals surface area (Å²) in [6.07, 6.45) is 1.11. The second kappa shape index (κ2) is 6.26. The van der Waals surface area contributed by atoms with Crippen LogP contribution in [-0.4, -0.2) is 36.0 Å². The fourth-order valence-corrected chi connectivity index (χ4v) is 2.86. The molecule has 0 aliphatic carbocycles. The lowest BCUT2D eigenvalue weighted by atomic mass is 10.1. The van der Waals surface area contributed by atoms with Gasteiger partial charge >= 0.3 is 6.03 Å². The van der Waals surface area contributed by atoms with E-state index in [1.165, 1.54) is 0 Å². The van der Waals surface area contributed by atoms with Gasteiger partial charge in [0.05, 0.1) is 6.42 Å². The number of benzene rings is 1. The third kappa shape index (κ3) is 3.72. The van der Waals surface area contributed by atoms with Crippen LogP contribution in [0.2, 0.25) is 0 Å². The molecule has 0 aromatic heterocycles. The molecule has 1 heterocycles. The van der Waals surface area contributed by atoms with E-state index in [1.807, 2.05) is 25.1 Å². The Hall–Kier alpha value is -1.56. The maximum atomic E-state index is 12.0. The summed E-state index contributed by atoms with van der Waals surface area (Å²) in [5, 5.41) is 2.95. The SMILES string of the molecule is Cc1cc(Br)ccc1CC(=O)N[C@@H]1CCN(C(N)=O)C1. The number of aryl methyl sites for hydroxylation is 1. The number of rotatable bonds is 3. The third-order valence-corrected chi connectivity index (χ3v) is 4.01. The second-order valence-corrected chi connectivity index (χ2v) is 6.00. The monoisotopic (exact) mass is 339 g/mol. The number of hydrogen-bond acceptors (Lipinski definition) is 2. The molecule has 1 fully saturated rings. The zero-order valence-corrected chi connectivity index (χ0v) is 12.9. The molecule has 0 saturated carbocycles. The Morgan fingerprint density at radius 2 is 2.25 bits per heavy atom. The summed E-state index contributed by atoms with van der Waals surface area (Å²) in [6, 6.07) is 5.45. The number of nitrogens with one attached hydrogen (secondary N) is 1. The summed E-state index contributed by atoms with van der Waals surface area (Å²) in [5.74, 6) is -0.0215. The number of amides is 3. The molecule has 0 spiro atoms. The van der Waals surface area contributed by atoms with E-state index in [9.17, 15) is 9.59 Å². The van der Waals surface area contributed by atoms with Crippen molar-refractivity contribution in [2.45, 2.75) is 25.8 Å².